The van der Waals surface area contributed by atoms with Crippen LogP contribution >= 0.6 is 0 Å². The lowest BCUT2D eigenvalue weighted by atomic mass is 10.0. The number of halogens is 3. The highest BCUT2D eigenvalue weighted by Crippen LogP contribution is 2.30. The first-order valence-corrected chi connectivity index (χ1v) is 5.23. The Labute approximate surface area is 99.0 Å². The second-order valence-electron chi connectivity index (χ2n) is 3.59. The van der Waals surface area contributed by atoms with Crippen LogP contribution in [0.15, 0.2) is 24.3 Å². The summed E-state index contributed by atoms with van der Waals surface area (Å²) in [5, 5.41) is 3.03. The molecule has 0 aliphatic rings. The zero-order valence-corrected chi connectivity index (χ0v) is 9.73. The van der Waals surface area contributed by atoms with Crippen LogP contribution in [0.1, 0.15) is 30.5 Å². The van der Waals surface area contributed by atoms with Gasteiger partial charge in [-0.25, -0.2) is 0 Å². The summed E-state index contributed by atoms with van der Waals surface area (Å²) in [4.78, 5) is 0. The Kier molecular flexibility index (Phi) is 4.59. The van der Waals surface area contributed by atoms with Crippen molar-refractivity contribution in [3.8, 4) is 11.8 Å². The molecular formula is C13H14F3N. The van der Waals surface area contributed by atoms with E-state index in [1.807, 2.05) is 0 Å². The molecule has 92 valence electrons. The third kappa shape index (κ3) is 3.79. The van der Waals surface area contributed by atoms with Gasteiger partial charge in [0.2, 0.25) is 0 Å². The predicted molar refractivity (Wildman–Crippen MR) is 61.3 cm³/mol. The first kappa shape index (κ1) is 13.6. The number of alkyl halides is 3. The van der Waals surface area contributed by atoms with Crippen LogP contribution in [0.4, 0.5) is 13.2 Å². The number of benzene rings is 1. The maximum Gasteiger partial charge on any atom is 0.416 e. The van der Waals surface area contributed by atoms with Gasteiger partial charge in [-0.1, -0.05) is 12.1 Å². The topological polar surface area (TPSA) is 12.0 Å². The van der Waals surface area contributed by atoms with E-state index in [4.69, 9.17) is 0 Å². The number of hydrogen-bond acceptors (Lipinski definition) is 1. The fourth-order valence-electron chi connectivity index (χ4n) is 1.50. The monoisotopic (exact) mass is 241 g/mol. The van der Waals surface area contributed by atoms with Crippen molar-refractivity contribution in [3.05, 3.63) is 35.4 Å². The lowest BCUT2D eigenvalue weighted by molar-refractivity contribution is -0.137. The molecule has 4 heteroatoms. The summed E-state index contributed by atoms with van der Waals surface area (Å²) in [5.74, 6) is 5.68. The number of hydrogen-bond donors (Lipinski definition) is 1. The molecule has 1 aromatic rings. The molecule has 1 atom stereocenters. The highest BCUT2D eigenvalue weighted by Gasteiger charge is 2.30. The van der Waals surface area contributed by atoms with Gasteiger partial charge in [-0.05, 0) is 31.7 Å². The molecular weight excluding hydrogens is 227 g/mol. The molecule has 17 heavy (non-hydrogen) atoms. The molecule has 1 rings (SSSR count). The van der Waals surface area contributed by atoms with Crippen LogP contribution in [0.3, 0.4) is 0 Å². The van der Waals surface area contributed by atoms with E-state index in [-0.39, 0.29) is 6.04 Å². The lowest BCUT2D eigenvalue weighted by Crippen LogP contribution is -2.16. The summed E-state index contributed by atoms with van der Waals surface area (Å²) < 4.78 is 37.1. The van der Waals surface area contributed by atoms with E-state index < -0.39 is 11.7 Å². The molecule has 0 aliphatic heterocycles. The molecule has 0 spiro atoms. The Bertz CT molecular complexity index is 409. The Morgan fingerprint density at radius 1 is 1.24 bits per heavy atom. The van der Waals surface area contributed by atoms with E-state index in [0.29, 0.717) is 6.42 Å². The first-order chi connectivity index (χ1) is 7.99. The van der Waals surface area contributed by atoms with Crippen molar-refractivity contribution in [1.29, 1.82) is 0 Å². The molecule has 0 heterocycles. The summed E-state index contributed by atoms with van der Waals surface area (Å²) in [5.41, 5.74) is 0.181. The van der Waals surface area contributed by atoms with Crippen LogP contribution in [0.25, 0.3) is 0 Å². The van der Waals surface area contributed by atoms with E-state index in [1.54, 1.807) is 14.0 Å². The number of nitrogens with one attached hydrogen (secondary N) is 1. The molecule has 1 N–H and O–H groups in total. The normalized spacial score (nSPS) is 12.8. The SMILES string of the molecule is CC#CCC(NC)c1ccc(C(F)(F)F)cc1. The molecule has 0 saturated heterocycles. The quantitative estimate of drug-likeness (QED) is 0.800. The summed E-state index contributed by atoms with van der Waals surface area (Å²) in [7, 11) is 1.76. The van der Waals surface area contributed by atoms with E-state index in [1.165, 1.54) is 12.1 Å². The van der Waals surface area contributed by atoms with E-state index in [2.05, 4.69) is 17.2 Å². The van der Waals surface area contributed by atoms with E-state index >= 15 is 0 Å². The highest BCUT2D eigenvalue weighted by atomic mass is 19.4. The maximum atomic E-state index is 12.4. The lowest BCUT2D eigenvalue weighted by Gasteiger charge is -2.14. The van der Waals surface area contributed by atoms with Crippen molar-refractivity contribution >= 4 is 0 Å². The maximum absolute atomic E-state index is 12.4. The summed E-state index contributed by atoms with van der Waals surface area (Å²) in [6, 6.07) is 5.13. The molecule has 1 aromatic carbocycles. The summed E-state index contributed by atoms with van der Waals surface area (Å²) in [6.07, 6.45) is -3.70. The first-order valence-electron chi connectivity index (χ1n) is 5.23. The largest absolute Gasteiger partial charge is 0.416 e. The van der Waals surface area contributed by atoms with Crippen molar-refractivity contribution in [1.82, 2.24) is 5.32 Å². The van der Waals surface area contributed by atoms with Gasteiger partial charge in [0.1, 0.15) is 0 Å². The molecule has 1 nitrogen and oxygen atoms in total. The average Bonchev–Trinajstić information content (AvgIpc) is 2.29. The molecule has 0 aliphatic carbocycles. The van der Waals surface area contributed by atoms with Crippen LogP contribution in [-0.2, 0) is 6.18 Å². The zero-order valence-electron chi connectivity index (χ0n) is 9.73. The molecule has 0 bridgehead atoms. The minimum atomic E-state index is -4.28. The third-order valence-electron chi connectivity index (χ3n) is 2.47. The van der Waals surface area contributed by atoms with Crippen molar-refractivity contribution in [2.75, 3.05) is 7.05 Å². The van der Waals surface area contributed by atoms with Gasteiger partial charge < -0.3 is 5.32 Å². The van der Waals surface area contributed by atoms with Crippen LogP contribution in [-0.4, -0.2) is 7.05 Å². The van der Waals surface area contributed by atoms with Crippen molar-refractivity contribution in [2.24, 2.45) is 0 Å². The predicted octanol–water partition coefficient (Wildman–Crippen LogP) is 3.38. The third-order valence-corrected chi connectivity index (χ3v) is 2.47. The van der Waals surface area contributed by atoms with Gasteiger partial charge in [-0.2, -0.15) is 13.2 Å². The van der Waals surface area contributed by atoms with Crippen LogP contribution in [0.2, 0.25) is 0 Å². The van der Waals surface area contributed by atoms with Gasteiger partial charge in [0.25, 0.3) is 0 Å². The smallest absolute Gasteiger partial charge is 0.312 e. The molecule has 0 amide bonds. The van der Waals surface area contributed by atoms with Crippen LogP contribution < -0.4 is 5.32 Å². The minimum Gasteiger partial charge on any atom is -0.312 e. The molecule has 0 fully saturated rings. The van der Waals surface area contributed by atoms with Gasteiger partial charge in [0, 0.05) is 12.5 Å². The van der Waals surface area contributed by atoms with Crippen molar-refractivity contribution in [2.45, 2.75) is 25.6 Å². The average molecular weight is 241 g/mol. The molecule has 0 radical (unpaired) electrons. The highest BCUT2D eigenvalue weighted by molar-refractivity contribution is 5.27. The van der Waals surface area contributed by atoms with Crippen LogP contribution in [0, 0.1) is 11.8 Å². The summed E-state index contributed by atoms with van der Waals surface area (Å²) in [6.45, 7) is 1.74. The van der Waals surface area contributed by atoms with Crippen LogP contribution in [0.5, 0.6) is 0 Å². The van der Waals surface area contributed by atoms with Gasteiger partial charge in [-0.15, -0.1) is 11.8 Å². The second-order valence-corrected chi connectivity index (χ2v) is 3.59. The van der Waals surface area contributed by atoms with Crippen molar-refractivity contribution < 1.29 is 13.2 Å². The van der Waals surface area contributed by atoms with Crippen molar-refractivity contribution in [3.63, 3.8) is 0 Å². The fraction of sp³-hybridized carbons (Fsp3) is 0.385. The zero-order chi connectivity index (χ0) is 12.9. The van der Waals surface area contributed by atoms with Gasteiger partial charge in [-0.3, -0.25) is 0 Å². The van der Waals surface area contributed by atoms with Gasteiger partial charge in [0.05, 0.1) is 5.56 Å². The van der Waals surface area contributed by atoms with E-state index in [9.17, 15) is 13.2 Å². The van der Waals surface area contributed by atoms with E-state index in [0.717, 1.165) is 17.7 Å². The molecule has 0 saturated carbocycles. The Hall–Kier alpha value is -1.47. The number of rotatable bonds is 3. The molecule has 0 aromatic heterocycles. The summed E-state index contributed by atoms with van der Waals surface area (Å²) >= 11 is 0. The molecule has 1 unspecified atom stereocenters. The Morgan fingerprint density at radius 2 is 1.82 bits per heavy atom. The Balaban J connectivity index is 2.87. The standard InChI is InChI=1S/C13H14F3N/c1-3-4-5-12(17-2)10-6-8-11(9-7-10)13(14,15)16/h6-9,12,17H,5H2,1-2H3. The van der Waals surface area contributed by atoms with Gasteiger partial charge in [0.15, 0.2) is 0 Å². The minimum absolute atomic E-state index is 0.0373. The Morgan fingerprint density at radius 3 is 2.24 bits per heavy atom. The van der Waals surface area contributed by atoms with Gasteiger partial charge >= 0.3 is 6.18 Å². The second kappa shape index (κ2) is 5.74. The fourth-order valence-corrected chi connectivity index (χ4v) is 1.50.